The summed E-state index contributed by atoms with van der Waals surface area (Å²) >= 11 is 0. The molecule has 0 amide bonds. The van der Waals surface area contributed by atoms with Crippen LogP contribution < -0.4 is 39.7 Å². The minimum atomic E-state index is -0.754. The van der Waals surface area contributed by atoms with Gasteiger partial charge in [0.1, 0.15) is 0 Å². The van der Waals surface area contributed by atoms with Crippen molar-refractivity contribution in [1.29, 1.82) is 0 Å². The average Bonchev–Trinajstić information content (AvgIpc) is 3.00. The zero-order valence-electron chi connectivity index (χ0n) is 34.1. The smallest absolute Gasteiger partial charge is 0.195 e. The lowest BCUT2D eigenvalue weighted by atomic mass is 9.93. The molecule has 48 heavy (non-hydrogen) atoms. The number of aliphatic hydroxyl groups excluding tert-OH is 1. The number of hydrogen-bond donors (Lipinski definition) is 3. The van der Waals surface area contributed by atoms with Gasteiger partial charge in [-0.2, -0.15) is 0 Å². The first kappa shape index (κ1) is 55.6. The van der Waals surface area contributed by atoms with Gasteiger partial charge in [-0.05, 0) is 19.3 Å². The standard InChI is InChI=1S/C22H47NO.C20H44NO.2BrH/c1-4-5-6-7-8-9-10-11-12-13-14-15-16-17-18-19-20-21(2)22(3,23)24;1-5-6-7-8-9-10-11-12-13-14-15-16-17-18-19-21(3,4)20(2)22;;/h21,24H,4-20,23H2,1-3H3;20,22H,5-19H2,1-4H3;2*1H/q;+1;;/p-1. The lowest BCUT2D eigenvalue weighted by Gasteiger charge is -2.32. The van der Waals surface area contributed by atoms with Gasteiger partial charge in [-0.15, -0.1) is 0 Å². The Balaban J connectivity index is -0.000000389. The molecule has 0 fully saturated rings. The first-order valence-electron chi connectivity index (χ1n) is 21.1. The van der Waals surface area contributed by atoms with Crippen LogP contribution in [0.1, 0.15) is 234 Å². The van der Waals surface area contributed by atoms with Gasteiger partial charge in [0.15, 0.2) is 12.0 Å². The highest BCUT2D eigenvalue weighted by Gasteiger charge is 2.26. The maximum atomic E-state index is 9.80. The van der Waals surface area contributed by atoms with Crippen molar-refractivity contribution in [3.63, 3.8) is 0 Å². The van der Waals surface area contributed by atoms with Gasteiger partial charge >= 0.3 is 0 Å². The Bertz CT molecular complexity index is 584. The summed E-state index contributed by atoms with van der Waals surface area (Å²) in [6.45, 7) is 11.5. The van der Waals surface area contributed by atoms with E-state index in [0.29, 0.717) is 5.92 Å². The number of unbranched alkanes of at least 4 members (excludes halogenated alkanes) is 28. The van der Waals surface area contributed by atoms with Gasteiger partial charge < -0.3 is 54.4 Å². The lowest BCUT2D eigenvalue weighted by Crippen LogP contribution is -3.00. The fraction of sp³-hybridized carbons (Fsp3) is 1.00. The summed E-state index contributed by atoms with van der Waals surface area (Å²) in [6, 6.07) is 0. The van der Waals surface area contributed by atoms with Crippen LogP contribution in [0.4, 0.5) is 0 Å². The third-order valence-corrected chi connectivity index (χ3v) is 10.7. The van der Waals surface area contributed by atoms with Gasteiger partial charge in [-0.3, -0.25) is 0 Å². The summed E-state index contributed by atoms with van der Waals surface area (Å²) in [5.41, 5.74) is 3.06. The number of hydrogen-bond acceptors (Lipinski definition) is 2. The second kappa shape index (κ2) is 40.6. The largest absolute Gasteiger partial charge is 1.00 e. The van der Waals surface area contributed by atoms with Crippen LogP contribution in [0, 0.1) is 5.92 Å². The first-order chi connectivity index (χ1) is 22.0. The predicted molar refractivity (Wildman–Crippen MR) is 206 cm³/mol. The Morgan fingerprint density at radius 3 is 0.938 bits per heavy atom. The average molecular weight is 817 g/mol. The molecule has 296 valence electrons. The molecule has 0 heterocycles. The first-order valence-corrected chi connectivity index (χ1v) is 21.1. The van der Waals surface area contributed by atoms with Gasteiger partial charge in [0, 0.05) is 19.8 Å². The Morgan fingerprint density at radius 2 is 0.708 bits per heavy atom. The van der Waals surface area contributed by atoms with E-state index in [1.54, 1.807) is 0 Å². The molecule has 0 aromatic heterocycles. The van der Waals surface area contributed by atoms with Crippen LogP contribution in [0.5, 0.6) is 0 Å². The van der Waals surface area contributed by atoms with Crippen LogP contribution in [-0.2, 0) is 0 Å². The highest BCUT2D eigenvalue weighted by molar-refractivity contribution is 4.65. The minimum absolute atomic E-state index is 0. The molecule has 0 bridgehead atoms. The summed E-state index contributed by atoms with van der Waals surface area (Å²) in [5.74, 6) is 0.309. The molecule has 3 atom stereocenters. The quantitative estimate of drug-likeness (QED) is 0.0417. The molecule has 6 heteroatoms. The van der Waals surface area contributed by atoms with E-state index in [-0.39, 0.29) is 40.2 Å². The molecule has 0 radical (unpaired) electrons. The molecule has 0 aliphatic rings. The summed E-state index contributed by atoms with van der Waals surface area (Å²) in [7, 11) is 4.24. The fourth-order valence-electron chi connectivity index (χ4n) is 6.21. The minimum Gasteiger partial charge on any atom is -1.00 e. The van der Waals surface area contributed by atoms with E-state index in [0.717, 1.165) is 17.4 Å². The van der Waals surface area contributed by atoms with Crippen molar-refractivity contribution < 1.29 is 54.4 Å². The molecule has 0 aromatic rings. The molecule has 0 aliphatic carbocycles. The Morgan fingerprint density at radius 1 is 0.479 bits per heavy atom. The van der Waals surface area contributed by atoms with Crippen LogP contribution >= 0.6 is 0 Å². The molecular formula is C42H92Br2N2O2. The molecule has 4 nitrogen and oxygen atoms in total. The number of aliphatic hydroxyl groups is 2. The van der Waals surface area contributed by atoms with Crippen LogP contribution in [0.3, 0.4) is 0 Å². The number of nitrogens with zero attached hydrogens (tertiary/aromatic N) is 1. The van der Waals surface area contributed by atoms with Crippen LogP contribution in [0.25, 0.3) is 0 Å². The van der Waals surface area contributed by atoms with E-state index in [4.69, 9.17) is 0 Å². The van der Waals surface area contributed by atoms with E-state index in [1.165, 1.54) is 193 Å². The molecule has 0 saturated heterocycles. The monoisotopic (exact) mass is 815 g/mol. The van der Waals surface area contributed by atoms with E-state index in [2.05, 4.69) is 40.6 Å². The van der Waals surface area contributed by atoms with Gasteiger partial charge in [0.05, 0.1) is 20.6 Å². The summed E-state index contributed by atoms with van der Waals surface area (Å²) in [4.78, 5) is 0. The number of rotatable bonds is 34. The van der Waals surface area contributed by atoms with Crippen molar-refractivity contribution in [2.45, 2.75) is 246 Å². The molecule has 0 saturated carbocycles. The summed E-state index contributed by atoms with van der Waals surface area (Å²) in [6.07, 6.45) is 43.1. The lowest BCUT2D eigenvalue weighted by molar-refractivity contribution is -0.934. The third kappa shape index (κ3) is 43.0. The van der Waals surface area contributed by atoms with E-state index in [1.807, 2.05) is 13.8 Å². The fourth-order valence-corrected chi connectivity index (χ4v) is 6.21. The van der Waals surface area contributed by atoms with Crippen LogP contribution in [-0.4, -0.2) is 47.3 Å². The van der Waals surface area contributed by atoms with Crippen molar-refractivity contribution in [2.75, 3.05) is 20.6 Å². The maximum absolute atomic E-state index is 9.80. The zero-order valence-corrected chi connectivity index (χ0v) is 37.3. The predicted octanol–water partition coefficient (Wildman–Crippen LogP) is 6.11. The van der Waals surface area contributed by atoms with Crippen molar-refractivity contribution in [3.8, 4) is 0 Å². The van der Waals surface area contributed by atoms with Crippen molar-refractivity contribution in [1.82, 2.24) is 0 Å². The van der Waals surface area contributed by atoms with Gasteiger partial charge in [-0.1, -0.05) is 201 Å². The molecule has 0 spiro atoms. The van der Waals surface area contributed by atoms with E-state index in [9.17, 15) is 10.2 Å². The van der Waals surface area contributed by atoms with Crippen LogP contribution in [0.2, 0.25) is 0 Å². The van der Waals surface area contributed by atoms with Gasteiger partial charge in [-0.25, -0.2) is 0 Å². The Kier molecular flexibility index (Phi) is 47.0. The highest BCUT2D eigenvalue weighted by Crippen LogP contribution is 2.19. The molecule has 5 N–H and O–H groups in total. The van der Waals surface area contributed by atoms with E-state index >= 15 is 0 Å². The zero-order chi connectivity index (χ0) is 34.8. The van der Waals surface area contributed by atoms with Gasteiger partial charge in [0.2, 0.25) is 0 Å². The van der Waals surface area contributed by atoms with Crippen LogP contribution in [0.15, 0.2) is 0 Å². The maximum Gasteiger partial charge on any atom is 0.195 e. The summed E-state index contributed by atoms with van der Waals surface area (Å²) in [5, 5.41) is 19.5. The second-order valence-corrected chi connectivity index (χ2v) is 16.1. The molecule has 0 rings (SSSR count). The SMILES string of the molecule is CCCCCCCCCCCCCCCCCCC(C)C(C)([NH3+])O.CCCCCCCCCCCCCCCC[N+](C)(C)C(C)O.[Br-].[Br-]. The van der Waals surface area contributed by atoms with Crippen molar-refractivity contribution >= 4 is 0 Å². The second-order valence-electron chi connectivity index (χ2n) is 16.1. The normalized spacial score (nSPS) is 13.9. The highest BCUT2D eigenvalue weighted by atomic mass is 79.9. The van der Waals surface area contributed by atoms with Gasteiger partial charge in [0.25, 0.3) is 0 Å². The Hall–Kier alpha value is 0.800. The Labute approximate surface area is 325 Å². The molecule has 0 aromatic carbocycles. The van der Waals surface area contributed by atoms with Crippen molar-refractivity contribution in [2.24, 2.45) is 5.92 Å². The molecule has 3 unspecified atom stereocenters. The molecular weight excluding hydrogens is 724 g/mol. The third-order valence-electron chi connectivity index (χ3n) is 10.7. The van der Waals surface area contributed by atoms with Crippen molar-refractivity contribution in [3.05, 3.63) is 0 Å². The topological polar surface area (TPSA) is 68.1 Å². The number of halogens is 2. The van der Waals surface area contributed by atoms with E-state index < -0.39 is 5.72 Å². The number of quaternary nitrogens is 2. The summed E-state index contributed by atoms with van der Waals surface area (Å²) < 4.78 is 0.734. The molecule has 0 aliphatic heterocycles.